The van der Waals surface area contributed by atoms with Crippen molar-refractivity contribution in [2.24, 2.45) is 0 Å². The smallest absolute Gasteiger partial charge is 0.0311 e. The minimum absolute atomic E-state index is 0.397. The number of fused-ring (bicyclic) bond motifs is 1. The Kier molecular flexibility index (Phi) is 2.59. The van der Waals surface area contributed by atoms with E-state index in [1.54, 1.807) is 0 Å². The summed E-state index contributed by atoms with van der Waals surface area (Å²) < 4.78 is 0. The Labute approximate surface area is 109 Å². The van der Waals surface area contributed by atoms with E-state index in [9.17, 15) is 0 Å². The van der Waals surface area contributed by atoms with E-state index in [1.165, 1.54) is 33.4 Å². The van der Waals surface area contributed by atoms with Gasteiger partial charge in [0.1, 0.15) is 0 Å². The fourth-order valence-corrected chi connectivity index (χ4v) is 2.76. The van der Waals surface area contributed by atoms with Gasteiger partial charge in [-0.3, -0.25) is 0 Å². The van der Waals surface area contributed by atoms with Crippen molar-refractivity contribution < 1.29 is 0 Å². The van der Waals surface area contributed by atoms with Crippen LogP contribution in [0.5, 0.6) is 0 Å². The molecule has 89 valence electrons. The summed E-state index contributed by atoms with van der Waals surface area (Å²) in [5.74, 6) is 0.397. The molecule has 1 unspecified atom stereocenters. The van der Waals surface area contributed by atoms with Crippen LogP contribution in [-0.4, -0.2) is 0 Å². The number of allylic oxidation sites excluding steroid dienone is 7. The summed E-state index contributed by atoms with van der Waals surface area (Å²) in [5, 5.41) is 0. The Balaban J connectivity index is 2.06. The van der Waals surface area contributed by atoms with Crippen LogP contribution in [0.3, 0.4) is 0 Å². The van der Waals surface area contributed by atoms with Crippen LogP contribution in [0.15, 0.2) is 58.7 Å². The molecule has 0 heteroatoms. The zero-order valence-electron chi connectivity index (χ0n) is 11.1. The SMILES string of the molecule is CC1=Cc2ccccc2C1C1=[C]C(=C(C)C)C=C1. The predicted octanol–water partition coefficient (Wildman–Crippen LogP) is 4.82. The highest BCUT2D eigenvalue weighted by Gasteiger charge is 2.26. The van der Waals surface area contributed by atoms with Gasteiger partial charge >= 0.3 is 0 Å². The minimum atomic E-state index is 0.397. The molecule has 1 radical (unpaired) electrons. The second kappa shape index (κ2) is 4.13. The van der Waals surface area contributed by atoms with Crippen LogP contribution in [-0.2, 0) is 0 Å². The average molecular weight is 233 g/mol. The summed E-state index contributed by atoms with van der Waals surface area (Å²) in [5.41, 5.74) is 8.05. The third-order valence-corrected chi connectivity index (χ3v) is 3.70. The molecule has 0 N–H and O–H groups in total. The summed E-state index contributed by atoms with van der Waals surface area (Å²) in [6.07, 6.45) is 10.2. The first-order valence-corrected chi connectivity index (χ1v) is 6.43. The van der Waals surface area contributed by atoms with Gasteiger partial charge in [0.15, 0.2) is 0 Å². The van der Waals surface area contributed by atoms with Crippen LogP contribution in [0.25, 0.3) is 6.08 Å². The molecule has 0 saturated carbocycles. The van der Waals surface area contributed by atoms with Gasteiger partial charge in [0, 0.05) is 5.92 Å². The molecule has 1 atom stereocenters. The number of hydrogen-bond donors (Lipinski definition) is 0. The second-order valence-electron chi connectivity index (χ2n) is 5.28. The van der Waals surface area contributed by atoms with Gasteiger partial charge < -0.3 is 0 Å². The maximum atomic E-state index is 3.55. The average Bonchev–Trinajstić information content (AvgIpc) is 2.91. The molecule has 0 amide bonds. The molecule has 0 heterocycles. The molecule has 2 aliphatic rings. The van der Waals surface area contributed by atoms with Crippen LogP contribution >= 0.6 is 0 Å². The van der Waals surface area contributed by atoms with Gasteiger partial charge in [-0.15, -0.1) is 0 Å². The minimum Gasteiger partial charge on any atom is -0.0686 e. The van der Waals surface area contributed by atoms with Crippen molar-refractivity contribution in [2.45, 2.75) is 26.7 Å². The highest BCUT2D eigenvalue weighted by molar-refractivity contribution is 5.70. The van der Waals surface area contributed by atoms with E-state index in [0.29, 0.717) is 5.92 Å². The summed E-state index contributed by atoms with van der Waals surface area (Å²) in [6, 6.07) is 8.66. The lowest BCUT2D eigenvalue weighted by Crippen LogP contribution is -1.98. The van der Waals surface area contributed by atoms with Crippen LogP contribution < -0.4 is 0 Å². The van der Waals surface area contributed by atoms with Crippen molar-refractivity contribution in [1.29, 1.82) is 0 Å². The molecule has 0 spiro atoms. The van der Waals surface area contributed by atoms with Gasteiger partial charge in [0.25, 0.3) is 0 Å². The number of benzene rings is 1. The molecule has 0 fully saturated rings. The molecule has 0 saturated heterocycles. The molecule has 1 aromatic carbocycles. The topological polar surface area (TPSA) is 0 Å². The van der Waals surface area contributed by atoms with Crippen LogP contribution in [0.4, 0.5) is 0 Å². The Morgan fingerprint density at radius 1 is 1.11 bits per heavy atom. The van der Waals surface area contributed by atoms with Crippen molar-refractivity contribution >= 4 is 6.08 Å². The molecular weight excluding hydrogens is 216 g/mol. The maximum Gasteiger partial charge on any atom is 0.0311 e. The van der Waals surface area contributed by atoms with Gasteiger partial charge in [-0.2, -0.15) is 0 Å². The van der Waals surface area contributed by atoms with Gasteiger partial charge in [0.05, 0.1) is 0 Å². The van der Waals surface area contributed by atoms with E-state index in [2.05, 4.69) is 69.3 Å². The van der Waals surface area contributed by atoms with Crippen molar-refractivity contribution in [1.82, 2.24) is 0 Å². The van der Waals surface area contributed by atoms with E-state index in [0.717, 1.165) is 0 Å². The van der Waals surface area contributed by atoms with Crippen LogP contribution in [0.2, 0.25) is 0 Å². The van der Waals surface area contributed by atoms with E-state index in [1.807, 2.05) is 0 Å². The lowest BCUT2D eigenvalue weighted by atomic mass is 9.89. The number of hydrogen-bond acceptors (Lipinski definition) is 0. The third kappa shape index (κ3) is 1.69. The quantitative estimate of drug-likeness (QED) is 0.652. The molecule has 2 aliphatic carbocycles. The first-order valence-electron chi connectivity index (χ1n) is 6.43. The Hall–Kier alpha value is -1.82. The van der Waals surface area contributed by atoms with Crippen molar-refractivity contribution in [3.63, 3.8) is 0 Å². The van der Waals surface area contributed by atoms with E-state index in [-0.39, 0.29) is 0 Å². The van der Waals surface area contributed by atoms with Crippen molar-refractivity contribution in [3.05, 3.63) is 75.9 Å². The Morgan fingerprint density at radius 3 is 2.61 bits per heavy atom. The second-order valence-corrected chi connectivity index (χ2v) is 5.28. The molecule has 3 rings (SSSR count). The zero-order valence-corrected chi connectivity index (χ0v) is 11.1. The number of rotatable bonds is 1. The van der Waals surface area contributed by atoms with E-state index < -0.39 is 0 Å². The normalized spacial score (nSPS) is 20.8. The first-order chi connectivity index (χ1) is 8.66. The predicted molar refractivity (Wildman–Crippen MR) is 77.1 cm³/mol. The fourth-order valence-electron chi connectivity index (χ4n) is 2.76. The standard InChI is InChI=1S/C18H17/c1-12(2)14-8-9-16(11-14)18-13(3)10-15-6-4-5-7-17(15)18/h4-10,18H,1-3H3. The largest absolute Gasteiger partial charge is 0.0686 e. The molecule has 0 aromatic heterocycles. The third-order valence-electron chi connectivity index (χ3n) is 3.70. The van der Waals surface area contributed by atoms with Crippen LogP contribution in [0.1, 0.15) is 37.8 Å². The van der Waals surface area contributed by atoms with E-state index >= 15 is 0 Å². The van der Waals surface area contributed by atoms with Crippen molar-refractivity contribution in [3.8, 4) is 0 Å². The summed E-state index contributed by atoms with van der Waals surface area (Å²) in [4.78, 5) is 0. The monoisotopic (exact) mass is 233 g/mol. The van der Waals surface area contributed by atoms with Gasteiger partial charge in [-0.1, -0.05) is 53.6 Å². The summed E-state index contributed by atoms with van der Waals surface area (Å²) >= 11 is 0. The van der Waals surface area contributed by atoms with Gasteiger partial charge in [-0.25, -0.2) is 0 Å². The lowest BCUT2D eigenvalue weighted by Gasteiger charge is -2.14. The molecule has 0 aliphatic heterocycles. The molecule has 0 bridgehead atoms. The molecular formula is C18H17. The molecule has 18 heavy (non-hydrogen) atoms. The lowest BCUT2D eigenvalue weighted by molar-refractivity contribution is 0.976. The Morgan fingerprint density at radius 2 is 1.89 bits per heavy atom. The Bertz CT molecular complexity index is 617. The summed E-state index contributed by atoms with van der Waals surface area (Å²) in [6.45, 7) is 6.50. The van der Waals surface area contributed by atoms with Gasteiger partial charge in [0.2, 0.25) is 0 Å². The first kappa shape index (κ1) is 11.3. The van der Waals surface area contributed by atoms with E-state index in [4.69, 9.17) is 0 Å². The highest BCUT2D eigenvalue weighted by Crippen LogP contribution is 2.42. The van der Waals surface area contributed by atoms with Crippen LogP contribution in [0, 0.1) is 6.08 Å². The van der Waals surface area contributed by atoms with Gasteiger partial charge in [-0.05, 0) is 49.1 Å². The fraction of sp³-hybridized carbons (Fsp3) is 0.222. The highest BCUT2D eigenvalue weighted by atomic mass is 14.3. The maximum absolute atomic E-state index is 3.55. The molecule has 0 nitrogen and oxygen atoms in total. The van der Waals surface area contributed by atoms with Crippen molar-refractivity contribution in [2.75, 3.05) is 0 Å². The molecule has 1 aromatic rings. The summed E-state index contributed by atoms with van der Waals surface area (Å²) in [7, 11) is 0. The zero-order chi connectivity index (χ0) is 12.7.